The number of halogens is 2. The van der Waals surface area contributed by atoms with Crippen molar-refractivity contribution in [2.75, 3.05) is 4.90 Å². The Balaban J connectivity index is 1.99. The van der Waals surface area contributed by atoms with Gasteiger partial charge < -0.3 is 0 Å². The van der Waals surface area contributed by atoms with Crippen molar-refractivity contribution in [3.05, 3.63) is 45.2 Å². The van der Waals surface area contributed by atoms with Gasteiger partial charge in [-0.3, -0.25) is 14.3 Å². The van der Waals surface area contributed by atoms with Gasteiger partial charge in [0, 0.05) is 5.69 Å². The van der Waals surface area contributed by atoms with E-state index in [4.69, 9.17) is 23.2 Å². The van der Waals surface area contributed by atoms with Crippen LogP contribution in [-0.2, 0) is 9.59 Å². The average Bonchev–Trinajstić information content (AvgIpc) is 2.93. The second-order valence-corrected chi connectivity index (χ2v) is 6.44. The fraction of sp³-hybridized carbons (Fsp3) is 0.312. The van der Waals surface area contributed by atoms with Gasteiger partial charge in [0.1, 0.15) is 6.04 Å². The lowest BCUT2D eigenvalue weighted by molar-refractivity contribution is -0.122. The molecule has 1 atom stereocenters. The van der Waals surface area contributed by atoms with Crippen molar-refractivity contribution < 1.29 is 9.59 Å². The van der Waals surface area contributed by atoms with Gasteiger partial charge in [-0.25, -0.2) is 4.90 Å². The molecule has 1 aromatic carbocycles. The van der Waals surface area contributed by atoms with Crippen LogP contribution in [0.15, 0.2) is 18.2 Å². The van der Waals surface area contributed by atoms with Gasteiger partial charge in [-0.15, -0.1) is 0 Å². The number of carbonyl (C=O) groups excluding carboxylic acids is 2. The first kappa shape index (κ1) is 16.0. The highest BCUT2D eigenvalue weighted by atomic mass is 35.5. The molecule has 0 aliphatic carbocycles. The van der Waals surface area contributed by atoms with Gasteiger partial charge in [0.25, 0.3) is 5.91 Å². The number of anilines is 1. The molecule has 0 spiro atoms. The smallest absolute Gasteiger partial charge is 0.259 e. The highest BCUT2D eigenvalue weighted by Crippen LogP contribution is 2.34. The molecule has 1 fully saturated rings. The molecule has 0 unspecified atom stereocenters. The van der Waals surface area contributed by atoms with Crippen molar-refractivity contribution >= 4 is 40.7 Å². The minimum Gasteiger partial charge on any atom is -0.274 e. The Labute approximate surface area is 143 Å². The number of aryl methyl sites for hydroxylation is 1. The first-order valence-corrected chi connectivity index (χ1v) is 7.91. The predicted octanol–water partition coefficient (Wildman–Crippen LogP) is 3.62. The van der Waals surface area contributed by atoms with Crippen LogP contribution in [0.4, 0.5) is 5.69 Å². The summed E-state index contributed by atoms with van der Waals surface area (Å²) in [6, 6.07) is 4.08. The van der Waals surface area contributed by atoms with Crippen LogP contribution in [0.5, 0.6) is 0 Å². The number of carbonyl (C=O) groups is 2. The molecule has 5 nitrogen and oxygen atoms in total. The molecular weight excluding hydrogens is 337 g/mol. The number of nitrogens with zero attached hydrogens (tertiary/aromatic N) is 3. The molecule has 2 heterocycles. The Morgan fingerprint density at radius 2 is 1.83 bits per heavy atom. The molecule has 0 bridgehead atoms. The van der Waals surface area contributed by atoms with Crippen LogP contribution in [0, 0.1) is 20.8 Å². The molecule has 0 N–H and O–H groups in total. The van der Waals surface area contributed by atoms with Gasteiger partial charge in [0.05, 0.1) is 27.8 Å². The maximum absolute atomic E-state index is 12.8. The Hall–Kier alpha value is -1.85. The molecule has 1 aliphatic heterocycles. The van der Waals surface area contributed by atoms with Crippen molar-refractivity contribution in [2.24, 2.45) is 0 Å². The maximum Gasteiger partial charge on any atom is 0.259 e. The first-order chi connectivity index (χ1) is 10.8. The molecule has 3 rings (SSSR count). The van der Waals surface area contributed by atoms with Crippen LogP contribution in [0.3, 0.4) is 0 Å². The lowest BCUT2D eigenvalue weighted by atomic mass is 10.2. The lowest BCUT2D eigenvalue weighted by Crippen LogP contribution is -2.31. The first-order valence-electron chi connectivity index (χ1n) is 7.15. The van der Waals surface area contributed by atoms with Crippen LogP contribution >= 0.6 is 23.2 Å². The van der Waals surface area contributed by atoms with Crippen molar-refractivity contribution in [2.45, 2.75) is 33.2 Å². The molecule has 2 aromatic rings. The van der Waals surface area contributed by atoms with Gasteiger partial charge in [-0.1, -0.05) is 23.2 Å². The fourth-order valence-corrected chi connectivity index (χ4v) is 3.04. The van der Waals surface area contributed by atoms with E-state index in [2.05, 4.69) is 5.10 Å². The summed E-state index contributed by atoms with van der Waals surface area (Å²) in [7, 11) is 0. The number of amides is 2. The van der Waals surface area contributed by atoms with Crippen molar-refractivity contribution in [1.82, 2.24) is 9.78 Å². The molecule has 23 heavy (non-hydrogen) atoms. The summed E-state index contributed by atoms with van der Waals surface area (Å²) in [6.45, 7) is 5.73. The standard InChI is InChI=1S/C16H15Cl2N3O2/c1-8-9(2)19-21(10(8)3)14-7-15(22)20(16(14)23)11-4-5-12(17)13(18)6-11/h4-6,14H,7H2,1-3H3/t14-/m0/s1. The highest BCUT2D eigenvalue weighted by Gasteiger charge is 2.42. The zero-order chi connectivity index (χ0) is 16.9. The number of aromatic nitrogens is 2. The van der Waals surface area contributed by atoms with Crippen LogP contribution < -0.4 is 4.90 Å². The second-order valence-electron chi connectivity index (χ2n) is 5.63. The minimum atomic E-state index is -0.621. The number of hydrogen-bond acceptors (Lipinski definition) is 3. The number of hydrogen-bond donors (Lipinski definition) is 0. The van der Waals surface area contributed by atoms with E-state index < -0.39 is 6.04 Å². The summed E-state index contributed by atoms with van der Waals surface area (Å²) in [5.41, 5.74) is 3.20. The average molecular weight is 352 g/mol. The maximum atomic E-state index is 12.8. The fourth-order valence-electron chi connectivity index (χ4n) is 2.75. The molecule has 2 amide bonds. The molecule has 1 saturated heterocycles. The Morgan fingerprint density at radius 3 is 2.39 bits per heavy atom. The van der Waals surface area contributed by atoms with Gasteiger partial charge in [-0.2, -0.15) is 5.10 Å². The van der Waals surface area contributed by atoms with Crippen LogP contribution in [0.1, 0.15) is 29.4 Å². The van der Waals surface area contributed by atoms with E-state index in [0.717, 1.165) is 21.9 Å². The quantitative estimate of drug-likeness (QED) is 0.776. The molecule has 1 aromatic heterocycles. The van der Waals surface area contributed by atoms with E-state index >= 15 is 0 Å². The predicted molar refractivity (Wildman–Crippen MR) is 89.0 cm³/mol. The lowest BCUT2D eigenvalue weighted by Gasteiger charge is -2.16. The SMILES string of the molecule is Cc1nn([C@H]2CC(=O)N(c3ccc(Cl)c(Cl)c3)C2=O)c(C)c1C. The van der Waals surface area contributed by atoms with E-state index in [1.165, 1.54) is 6.07 Å². The third-order valence-electron chi connectivity index (χ3n) is 4.27. The summed E-state index contributed by atoms with van der Waals surface area (Å²) in [4.78, 5) is 26.3. The van der Waals surface area contributed by atoms with Gasteiger partial charge in [0.15, 0.2) is 0 Å². The monoisotopic (exact) mass is 351 g/mol. The van der Waals surface area contributed by atoms with Gasteiger partial charge in [-0.05, 0) is 44.5 Å². The van der Waals surface area contributed by atoms with E-state index in [1.807, 2.05) is 20.8 Å². The van der Waals surface area contributed by atoms with Crippen molar-refractivity contribution in [3.8, 4) is 0 Å². The number of benzene rings is 1. The summed E-state index contributed by atoms with van der Waals surface area (Å²) in [5.74, 6) is -0.581. The van der Waals surface area contributed by atoms with Crippen LogP contribution in [-0.4, -0.2) is 21.6 Å². The van der Waals surface area contributed by atoms with E-state index in [1.54, 1.807) is 16.8 Å². The molecule has 0 saturated carbocycles. The summed E-state index contributed by atoms with van der Waals surface area (Å²) >= 11 is 11.9. The van der Waals surface area contributed by atoms with Crippen LogP contribution in [0.2, 0.25) is 10.0 Å². The zero-order valence-corrected chi connectivity index (χ0v) is 14.4. The Bertz CT molecular complexity index is 829. The second kappa shape index (κ2) is 5.65. The van der Waals surface area contributed by atoms with Crippen molar-refractivity contribution in [1.29, 1.82) is 0 Å². The molecule has 7 heteroatoms. The molecule has 1 aliphatic rings. The summed E-state index contributed by atoms with van der Waals surface area (Å²) < 4.78 is 1.64. The molecule has 120 valence electrons. The summed E-state index contributed by atoms with van der Waals surface area (Å²) in [6.07, 6.45) is 0.0838. The minimum absolute atomic E-state index is 0.0838. The summed E-state index contributed by atoms with van der Waals surface area (Å²) in [5, 5.41) is 5.08. The van der Waals surface area contributed by atoms with E-state index in [-0.39, 0.29) is 18.2 Å². The largest absolute Gasteiger partial charge is 0.274 e. The topological polar surface area (TPSA) is 55.2 Å². The molecule has 0 radical (unpaired) electrons. The molecular formula is C16H15Cl2N3O2. The third-order valence-corrected chi connectivity index (χ3v) is 5.01. The zero-order valence-electron chi connectivity index (χ0n) is 12.9. The highest BCUT2D eigenvalue weighted by molar-refractivity contribution is 6.42. The van der Waals surface area contributed by atoms with Gasteiger partial charge >= 0.3 is 0 Å². The Morgan fingerprint density at radius 1 is 1.13 bits per heavy atom. The van der Waals surface area contributed by atoms with Gasteiger partial charge in [0.2, 0.25) is 5.91 Å². The number of imide groups is 1. The van der Waals surface area contributed by atoms with Crippen molar-refractivity contribution in [3.63, 3.8) is 0 Å². The van der Waals surface area contributed by atoms with Crippen LogP contribution in [0.25, 0.3) is 0 Å². The Kier molecular flexibility index (Phi) is 3.94. The number of rotatable bonds is 2. The normalized spacial score (nSPS) is 18.1. The van der Waals surface area contributed by atoms with E-state index in [9.17, 15) is 9.59 Å². The third kappa shape index (κ3) is 2.54. The van der Waals surface area contributed by atoms with E-state index in [0.29, 0.717) is 15.7 Å².